The molecule has 2 fully saturated rings. The zero-order chi connectivity index (χ0) is 12.8. The number of carbonyl (C=O) groups excluding carboxylic acids is 1. The summed E-state index contributed by atoms with van der Waals surface area (Å²) in [5.41, 5.74) is 5.67. The fourth-order valence-corrected chi connectivity index (χ4v) is 3.58. The van der Waals surface area contributed by atoms with Crippen LogP contribution in [0.25, 0.3) is 0 Å². The molecule has 18 heavy (non-hydrogen) atoms. The molecule has 2 N–H and O–H groups in total. The highest BCUT2D eigenvalue weighted by Crippen LogP contribution is 2.28. The topological polar surface area (TPSA) is 46.3 Å². The average Bonchev–Trinajstić information content (AvgIpc) is 2.41. The number of carbonyl (C=O) groups is 1. The van der Waals surface area contributed by atoms with Crippen LogP contribution in [0.5, 0.6) is 0 Å². The van der Waals surface area contributed by atoms with E-state index < -0.39 is 0 Å². The number of hydrogen-bond donors (Lipinski definition) is 1. The maximum Gasteiger partial charge on any atom is 0.223 e. The summed E-state index contributed by atoms with van der Waals surface area (Å²) in [4.78, 5) is 14.6. The molecule has 1 amide bonds. The first kappa shape index (κ1) is 13.9. The van der Waals surface area contributed by atoms with Crippen LogP contribution in [0.15, 0.2) is 0 Å². The molecule has 0 aromatic rings. The molecule has 1 unspecified atom stereocenters. The van der Waals surface area contributed by atoms with E-state index in [1.165, 1.54) is 44.9 Å². The lowest BCUT2D eigenvalue weighted by molar-refractivity contribution is -0.136. The van der Waals surface area contributed by atoms with Gasteiger partial charge in [0.25, 0.3) is 0 Å². The fraction of sp³-hybridized carbons (Fsp3) is 0.933. The van der Waals surface area contributed by atoms with Crippen molar-refractivity contribution in [1.29, 1.82) is 0 Å². The van der Waals surface area contributed by atoms with Gasteiger partial charge in [-0.2, -0.15) is 0 Å². The Hall–Kier alpha value is -0.570. The van der Waals surface area contributed by atoms with Gasteiger partial charge in [0.05, 0.1) is 0 Å². The Balaban J connectivity index is 1.84. The third-order valence-electron chi connectivity index (χ3n) is 4.64. The van der Waals surface area contributed by atoms with Crippen molar-refractivity contribution in [3.8, 4) is 0 Å². The molecule has 0 radical (unpaired) electrons. The van der Waals surface area contributed by atoms with Gasteiger partial charge in [-0.25, -0.2) is 0 Å². The van der Waals surface area contributed by atoms with E-state index in [9.17, 15) is 4.79 Å². The summed E-state index contributed by atoms with van der Waals surface area (Å²) in [5.74, 6) is 1.06. The lowest BCUT2D eigenvalue weighted by Crippen LogP contribution is -2.45. The molecule has 0 bridgehead atoms. The molecule has 0 aromatic heterocycles. The maximum atomic E-state index is 12.4. The Bertz CT molecular complexity index is 259. The normalized spacial score (nSPS) is 26.3. The van der Waals surface area contributed by atoms with E-state index in [0.29, 0.717) is 24.4 Å². The minimum Gasteiger partial charge on any atom is -0.340 e. The van der Waals surface area contributed by atoms with Gasteiger partial charge in [-0.05, 0) is 51.0 Å². The van der Waals surface area contributed by atoms with Crippen LogP contribution in [0, 0.1) is 5.92 Å². The average molecular weight is 252 g/mol. The molecule has 104 valence electrons. The summed E-state index contributed by atoms with van der Waals surface area (Å²) in [6, 6.07) is 0.430. The predicted octanol–water partition coefficient (Wildman–Crippen LogP) is 2.69. The molecule has 1 atom stereocenters. The number of nitrogens with two attached hydrogens (primary N) is 1. The number of likely N-dealkylation sites (tertiary alicyclic amines) is 1. The lowest BCUT2D eigenvalue weighted by atomic mass is 9.86. The SMILES string of the molecule is NCCC1CCCCN1C(=O)CC1CCCCC1. The van der Waals surface area contributed by atoms with Crippen molar-refractivity contribution in [2.24, 2.45) is 11.7 Å². The quantitative estimate of drug-likeness (QED) is 0.836. The molecule has 2 rings (SSSR count). The Morgan fingerprint density at radius 2 is 1.78 bits per heavy atom. The molecule has 0 aromatic carbocycles. The zero-order valence-electron chi connectivity index (χ0n) is 11.6. The molecule has 1 saturated carbocycles. The van der Waals surface area contributed by atoms with Gasteiger partial charge in [-0.3, -0.25) is 4.79 Å². The third kappa shape index (κ3) is 3.71. The zero-order valence-corrected chi connectivity index (χ0v) is 11.6. The molecule has 3 nitrogen and oxygen atoms in total. The van der Waals surface area contributed by atoms with Gasteiger partial charge in [-0.1, -0.05) is 19.3 Å². The third-order valence-corrected chi connectivity index (χ3v) is 4.64. The second-order valence-corrected chi connectivity index (χ2v) is 6.02. The van der Waals surface area contributed by atoms with E-state index in [1.54, 1.807) is 0 Å². The van der Waals surface area contributed by atoms with Gasteiger partial charge in [-0.15, -0.1) is 0 Å². The van der Waals surface area contributed by atoms with E-state index in [4.69, 9.17) is 5.73 Å². The number of amides is 1. The monoisotopic (exact) mass is 252 g/mol. The van der Waals surface area contributed by atoms with Crippen LogP contribution < -0.4 is 5.73 Å². The summed E-state index contributed by atoms with van der Waals surface area (Å²) in [5, 5.41) is 0. The Morgan fingerprint density at radius 1 is 1.06 bits per heavy atom. The number of piperidine rings is 1. The van der Waals surface area contributed by atoms with E-state index in [-0.39, 0.29) is 0 Å². The largest absolute Gasteiger partial charge is 0.340 e. The van der Waals surface area contributed by atoms with Crippen molar-refractivity contribution in [2.75, 3.05) is 13.1 Å². The smallest absolute Gasteiger partial charge is 0.223 e. The van der Waals surface area contributed by atoms with Crippen LogP contribution in [0.1, 0.15) is 64.2 Å². The van der Waals surface area contributed by atoms with Gasteiger partial charge in [0, 0.05) is 19.0 Å². The van der Waals surface area contributed by atoms with Crippen LogP contribution in [-0.4, -0.2) is 29.9 Å². The first-order valence-electron chi connectivity index (χ1n) is 7.81. The summed E-state index contributed by atoms with van der Waals surface area (Å²) >= 11 is 0. The highest BCUT2D eigenvalue weighted by molar-refractivity contribution is 5.76. The molecule has 3 heteroatoms. The molecule has 1 aliphatic heterocycles. The fourth-order valence-electron chi connectivity index (χ4n) is 3.58. The van der Waals surface area contributed by atoms with Crippen molar-refractivity contribution in [3.05, 3.63) is 0 Å². The molecule has 1 saturated heterocycles. The van der Waals surface area contributed by atoms with E-state index >= 15 is 0 Å². The first-order valence-corrected chi connectivity index (χ1v) is 7.81. The summed E-state index contributed by atoms with van der Waals surface area (Å²) in [7, 11) is 0. The highest BCUT2D eigenvalue weighted by atomic mass is 16.2. The van der Waals surface area contributed by atoms with E-state index in [1.807, 2.05) is 0 Å². The van der Waals surface area contributed by atoms with E-state index in [2.05, 4.69) is 4.90 Å². The van der Waals surface area contributed by atoms with E-state index in [0.717, 1.165) is 25.8 Å². The summed E-state index contributed by atoms with van der Waals surface area (Å²) in [6.07, 6.45) is 11.9. The number of nitrogens with zero attached hydrogens (tertiary/aromatic N) is 1. The maximum absolute atomic E-state index is 12.4. The van der Waals surface area contributed by atoms with Gasteiger partial charge < -0.3 is 10.6 Å². The Labute approximate surface area is 111 Å². The van der Waals surface area contributed by atoms with Crippen LogP contribution in [0.4, 0.5) is 0 Å². The summed E-state index contributed by atoms with van der Waals surface area (Å²) < 4.78 is 0. The van der Waals surface area contributed by atoms with Crippen molar-refractivity contribution in [2.45, 2.75) is 70.3 Å². The second-order valence-electron chi connectivity index (χ2n) is 6.02. The molecular weight excluding hydrogens is 224 g/mol. The minimum absolute atomic E-state index is 0.403. The van der Waals surface area contributed by atoms with Crippen molar-refractivity contribution >= 4 is 5.91 Å². The van der Waals surface area contributed by atoms with Crippen LogP contribution in [0.3, 0.4) is 0 Å². The Kier molecular flexibility index (Phi) is 5.48. The Morgan fingerprint density at radius 3 is 2.50 bits per heavy atom. The van der Waals surface area contributed by atoms with Crippen LogP contribution in [-0.2, 0) is 4.79 Å². The summed E-state index contributed by atoms with van der Waals surface area (Å²) in [6.45, 7) is 1.67. The first-order chi connectivity index (χ1) is 8.81. The standard InChI is InChI=1S/C15H28N2O/c16-10-9-14-8-4-5-11-17(14)15(18)12-13-6-2-1-3-7-13/h13-14H,1-12,16H2. The molecule has 1 heterocycles. The van der Waals surface area contributed by atoms with Gasteiger partial charge in [0.15, 0.2) is 0 Å². The number of hydrogen-bond acceptors (Lipinski definition) is 2. The van der Waals surface area contributed by atoms with Crippen LogP contribution in [0.2, 0.25) is 0 Å². The van der Waals surface area contributed by atoms with Crippen molar-refractivity contribution < 1.29 is 4.79 Å². The number of rotatable bonds is 4. The van der Waals surface area contributed by atoms with Gasteiger partial charge in [0.1, 0.15) is 0 Å². The minimum atomic E-state index is 0.403. The molecule has 2 aliphatic rings. The van der Waals surface area contributed by atoms with Crippen LogP contribution >= 0.6 is 0 Å². The second kappa shape index (κ2) is 7.13. The molecular formula is C15H28N2O. The highest BCUT2D eigenvalue weighted by Gasteiger charge is 2.27. The molecule has 1 aliphatic carbocycles. The molecule has 0 spiro atoms. The van der Waals surface area contributed by atoms with Crippen molar-refractivity contribution in [3.63, 3.8) is 0 Å². The predicted molar refractivity (Wildman–Crippen MR) is 74.2 cm³/mol. The van der Waals surface area contributed by atoms with Gasteiger partial charge >= 0.3 is 0 Å². The van der Waals surface area contributed by atoms with Gasteiger partial charge in [0.2, 0.25) is 5.91 Å². The lowest BCUT2D eigenvalue weighted by Gasteiger charge is -2.37. The van der Waals surface area contributed by atoms with Crippen molar-refractivity contribution in [1.82, 2.24) is 4.90 Å².